The van der Waals surface area contributed by atoms with E-state index in [4.69, 9.17) is 29.2 Å². The van der Waals surface area contributed by atoms with Crippen LogP contribution in [0.4, 0.5) is 0 Å². The molecule has 0 saturated carbocycles. The molecule has 5 heteroatoms. The van der Waals surface area contributed by atoms with Crippen LogP contribution in [0.3, 0.4) is 0 Å². The molecule has 5 N–H and O–H groups in total. The minimum atomic E-state index is -1.01. The normalized spacial score (nSPS) is 20.8. The van der Waals surface area contributed by atoms with Crippen LogP contribution in [-0.2, 0) is 0 Å². The lowest BCUT2D eigenvalue weighted by atomic mass is 9.68. The molecule has 0 aromatic carbocycles. The van der Waals surface area contributed by atoms with Crippen LogP contribution in [-0.4, -0.2) is 35.5 Å². The first-order chi connectivity index (χ1) is 10.4. The zero-order valence-corrected chi connectivity index (χ0v) is 16.7. The number of hydrogen-bond donors (Lipinski definition) is 4. The number of nitrogens with one attached hydrogen (secondary N) is 1. The molecule has 1 aliphatic rings. The molecule has 0 saturated heterocycles. The standard InChI is InChI=1S/C8H13BN2.C6H14O2.2C2H6/c1-5-2-8(11)6(4-10)3-7(5)9;1-5(2,7)6(3,4)8;2*1-2/h4-5,7,10H,2-3,11H2,1H3;7-8H,1-4H3;2*1-2H3. The summed E-state index contributed by atoms with van der Waals surface area (Å²) in [5, 5.41) is 25.3. The van der Waals surface area contributed by atoms with Gasteiger partial charge in [0.15, 0.2) is 0 Å². The van der Waals surface area contributed by atoms with E-state index >= 15 is 0 Å². The van der Waals surface area contributed by atoms with Crippen LogP contribution in [0, 0.1) is 11.3 Å². The third-order valence-electron chi connectivity index (χ3n) is 3.81. The van der Waals surface area contributed by atoms with Crippen molar-refractivity contribution in [2.45, 2.75) is 92.2 Å². The van der Waals surface area contributed by atoms with E-state index in [0.29, 0.717) is 5.92 Å². The van der Waals surface area contributed by atoms with Gasteiger partial charge in [-0.3, -0.25) is 0 Å². The number of hydrogen-bond acceptors (Lipinski definition) is 4. The molecule has 0 aromatic rings. The maximum Gasteiger partial charge on any atom is 0.0872 e. The summed E-state index contributed by atoms with van der Waals surface area (Å²) in [5.41, 5.74) is 5.46. The molecule has 0 fully saturated rings. The van der Waals surface area contributed by atoms with E-state index in [0.717, 1.165) is 24.1 Å². The fourth-order valence-corrected chi connectivity index (χ4v) is 1.37. The molecule has 2 unspecified atom stereocenters. The zero-order chi connectivity index (χ0) is 19.4. The lowest BCUT2D eigenvalue weighted by Gasteiger charge is -2.31. The first-order valence-corrected chi connectivity index (χ1v) is 8.58. The quantitative estimate of drug-likeness (QED) is 0.459. The van der Waals surface area contributed by atoms with E-state index < -0.39 is 11.2 Å². The van der Waals surface area contributed by atoms with Gasteiger partial charge in [-0.15, -0.1) is 0 Å². The van der Waals surface area contributed by atoms with Crippen LogP contribution >= 0.6 is 0 Å². The lowest BCUT2D eigenvalue weighted by molar-refractivity contribution is -0.107. The highest BCUT2D eigenvalue weighted by Gasteiger charge is 2.31. The summed E-state index contributed by atoms with van der Waals surface area (Å²) in [6.07, 6.45) is 2.92. The van der Waals surface area contributed by atoms with Crippen molar-refractivity contribution in [3.05, 3.63) is 11.3 Å². The van der Waals surface area contributed by atoms with Gasteiger partial charge in [-0.25, -0.2) is 0 Å². The van der Waals surface area contributed by atoms with E-state index in [2.05, 4.69) is 6.92 Å². The Morgan fingerprint density at radius 3 is 1.65 bits per heavy atom. The van der Waals surface area contributed by atoms with Crippen molar-refractivity contribution in [1.29, 1.82) is 5.41 Å². The third-order valence-corrected chi connectivity index (χ3v) is 3.81. The fourth-order valence-electron chi connectivity index (χ4n) is 1.37. The molecule has 2 atom stereocenters. The van der Waals surface area contributed by atoms with Crippen molar-refractivity contribution in [1.82, 2.24) is 0 Å². The maximum atomic E-state index is 9.10. The van der Waals surface area contributed by atoms with Gasteiger partial charge in [0.05, 0.1) is 19.0 Å². The van der Waals surface area contributed by atoms with Gasteiger partial charge in [0, 0.05) is 11.9 Å². The van der Waals surface area contributed by atoms with Crippen molar-refractivity contribution in [3.63, 3.8) is 0 Å². The second kappa shape index (κ2) is 12.6. The van der Waals surface area contributed by atoms with Crippen LogP contribution in [0.15, 0.2) is 11.3 Å². The molecule has 0 bridgehead atoms. The molecule has 136 valence electrons. The van der Waals surface area contributed by atoms with Crippen LogP contribution in [0.1, 0.15) is 75.2 Å². The van der Waals surface area contributed by atoms with Crippen LogP contribution in [0.2, 0.25) is 5.82 Å². The Labute approximate surface area is 145 Å². The Hall–Kier alpha value is -0.805. The Balaban J connectivity index is -0.000000296. The first-order valence-electron chi connectivity index (χ1n) is 8.58. The molecule has 1 rings (SSSR count). The highest BCUT2D eigenvalue weighted by atomic mass is 16.3. The molecule has 0 amide bonds. The molecule has 0 aromatic heterocycles. The number of aliphatic hydroxyl groups is 2. The van der Waals surface area contributed by atoms with E-state index in [1.165, 1.54) is 6.21 Å². The third kappa shape index (κ3) is 11.4. The molecule has 4 nitrogen and oxygen atoms in total. The largest absolute Gasteiger partial charge is 0.402 e. The van der Waals surface area contributed by atoms with Crippen molar-refractivity contribution in [2.24, 2.45) is 11.7 Å². The average Bonchev–Trinajstić information content (AvgIpc) is 2.46. The van der Waals surface area contributed by atoms with Gasteiger partial charge in [0.2, 0.25) is 0 Å². The predicted molar refractivity (Wildman–Crippen MR) is 103 cm³/mol. The molecule has 2 radical (unpaired) electrons. The minimum Gasteiger partial charge on any atom is -0.402 e. The van der Waals surface area contributed by atoms with Gasteiger partial charge in [0.25, 0.3) is 0 Å². The summed E-state index contributed by atoms with van der Waals surface area (Å²) in [5.74, 6) is 0.637. The van der Waals surface area contributed by atoms with Crippen LogP contribution in [0.25, 0.3) is 0 Å². The number of rotatable bonds is 2. The van der Waals surface area contributed by atoms with Crippen molar-refractivity contribution >= 4 is 14.1 Å². The maximum absolute atomic E-state index is 9.10. The van der Waals surface area contributed by atoms with Crippen molar-refractivity contribution < 1.29 is 10.2 Å². The summed E-state index contributed by atoms with van der Waals surface area (Å²) in [6.45, 7) is 16.4. The highest BCUT2D eigenvalue weighted by Crippen LogP contribution is 2.32. The van der Waals surface area contributed by atoms with Crippen molar-refractivity contribution in [3.8, 4) is 0 Å². The van der Waals surface area contributed by atoms with Gasteiger partial charge in [-0.2, -0.15) is 0 Å². The zero-order valence-electron chi connectivity index (χ0n) is 16.7. The minimum absolute atomic E-state index is 0.180. The topological polar surface area (TPSA) is 90.3 Å². The first kappa shape index (κ1) is 27.1. The SMILES string of the molecule is CC.CC.CC(C)(O)C(C)(C)O.[B]C1CC(C=N)=C(N)CC1C. The van der Waals surface area contributed by atoms with E-state index in [1.807, 2.05) is 27.7 Å². The predicted octanol–water partition coefficient (Wildman–Crippen LogP) is 3.82. The fraction of sp³-hybridized carbons (Fsp3) is 0.833. The van der Waals surface area contributed by atoms with Crippen LogP contribution in [0.5, 0.6) is 0 Å². The summed E-state index contributed by atoms with van der Waals surface area (Å²) in [7, 11) is 5.81. The lowest BCUT2D eigenvalue weighted by Crippen LogP contribution is -2.44. The highest BCUT2D eigenvalue weighted by molar-refractivity contribution is 6.12. The van der Waals surface area contributed by atoms with E-state index in [-0.39, 0.29) is 5.82 Å². The summed E-state index contributed by atoms with van der Waals surface area (Å²) in [6, 6.07) is 0. The Kier molecular flexibility index (Phi) is 14.8. The average molecular weight is 326 g/mol. The van der Waals surface area contributed by atoms with Gasteiger partial charge in [0.1, 0.15) is 0 Å². The molecule has 0 aliphatic heterocycles. The monoisotopic (exact) mass is 326 g/mol. The molecule has 1 aliphatic carbocycles. The summed E-state index contributed by atoms with van der Waals surface area (Å²) >= 11 is 0. The van der Waals surface area contributed by atoms with Gasteiger partial charge in [-0.05, 0) is 52.0 Å². The Morgan fingerprint density at radius 2 is 1.39 bits per heavy atom. The van der Waals surface area contributed by atoms with E-state index in [1.54, 1.807) is 27.7 Å². The smallest absolute Gasteiger partial charge is 0.0872 e. The molecule has 0 spiro atoms. The van der Waals surface area contributed by atoms with Crippen LogP contribution < -0.4 is 5.73 Å². The second-order valence-electron chi connectivity index (χ2n) is 6.36. The summed E-state index contributed by atoms with van der Waals surface area (Å²) < 4.78 is 0. The number of nitrogens with two attached hydrogens (primary N) is 1. The Morgan fingerprint density at radius 1 is 1.04 bits per heavy atom. The molecule has 23 heavy (non-hydrogen) atoms. The van der Waals surface area contributed by atoms with Gasteiger partial charge in [-0.1, -0.05) is 40.4 Å². The van der Waals surface area contributed by atoms with Crippen molar-refractivity contribution in [2.75, 3.05) is 0 Å². The molecular weight excluding hydrogens is 287 g/mol. The summed E-state index contributed by atoms with van der Waals surface area (Å²) in [4.78, 5) is 0. The number of allylic oxidation sites excluding steroid dienone is 2. The van der Waals surface area contributed by atoms with E-state index in [9.17, 15) is 0 Å². The molecular formula is C18H39BN2O2. The molecule has 0 heterocycles. The second-order valence-corrected chi connectivity index (χ2v) is 6.36. The van der Waals surface area contributed by atoms with Gasteiger partial charge >= 0.3 is 0 Å². The Bertz CT molecular complexity index is 330. The van der Waals surface area contributed by atoms with Gasteiger partial charge < -0.3 is 21.4 Å².